The van der Waals surface area contributed by atoms with Crippen molar-refractivity contribution in [3.05, 3.63) is 29.3 Å². The van der Waals surface area contributed by atoms with E-state index in [0.717, 1.165) is 17.7 Å². The van der Waals surface area contributed by atoms with Gasteiger partial charge in [0.25, 0.3) is 11.8 Å². The van der Waals surface area contributed by atoms with Gasteiger partial charge in [-0.3, -0.25) is 19.3 Å². The molecule has 0 atom stereocenters. The highest BCUT2D eigenvalue weighted by atomic mass is 16.2. The molecule has 0 unspecified atom stereocenters. The number of unbranched alkanes of at least 4 members (excludes halogenated alkanes) is 1. The molecule has 0 radical (unpaired) electrons. The standard InChI is InChI=1S/C15H19N3O3/c1-3-4-7-16-13(19)9-17-10-5-6-11-12(8-10)15(21)18(2)14(11)20/h5-6,8,17H,3-4,7,9H2,1-2H3,(H,16,19). The van der Waals surface area contributed by atoms with Gasteiger partial charge in [0, 0.05) is 19.3 Å². The molecule has 1 aromatic carbocycles. The number of fused-ring (bicyclic) bond motifs is 1. The largest absolute Gasteiger partial charge is 0.376 e. The van der Waals surface area contributed by atoms with E-state index < -0.39 is 0 Å². The van der Waals surface area contributed by atoms with Crippen LogP contribution in [0.15, 0.2) is 18.2 Å². The van der Waals surface area contributed by atoms with Crippen molar-refractivity contribution >= 4 is 23.4 Å². The number of anilines is 1. The molecule has 1 aliphatic heterocycles. The average molecular weight is 289 g/mol. The Morgan fingerprint density at radius 1 is 1.19 bits per heavy atom. The number of imide groups is 1. The Morgan fingerprint density at radius 2 is 1.90 bits per heavy atom. The maximum absolute atomic E-state index is 11.9. The third kappa shape index (κ3) is 3.21. The fourth-order valence-corrected chi connectivity index (χ4v) is 2.12. The highest BCUT2D eigenvalue weighted by Crippen LogP contribution is 2.24. The first kappa shape index (κ1) is 15.0. The zero-order valence-electron chi connectivity index (χ0n) is 12.2. The smallest absolute Gasteiger partial charge is 0.261 e. The van der Waals surface area contributed by atoms with Crippen LogP contribution in [-0.2, 0) is 4.79 Å². The number of hydrogen-bond donors (Lipinski definition) is 2. The Balaban J connectivity index is 1.96. The van der Waals surface area contributed by atoms with Crippen molar-refractivity contribution in [2.75, 3.05) is 25.5 Å². The number of nitrogens with one attached hydrogen (secondary N) is 2. The van der Waals surface area contributed by atoms with E-state index in [1.165, 1.54) is 7.05 Å². The summed E-state index contributed by atoms with van der Waals surface area (Å²) in [6.45, 7) is 2.86. The Labute approximate surface area is 123 Å². The van der Waals surface area contributed by atoms with Gasteiger partial charge < -0.3 is 10.6 Å². The second kappa shape index (κ2) is 6.39. The van der Waals surface area contributed by atoms with Gasteiger partial charge >= 0.3 is 0 Å². The van der Waals surface area contributed by atoms with Crippen molar-refractivity contribution in [2.24, 2.45) is 0 Å². The van der Waals surface area contributed by atoms with E-state index in [4.69, 9.17) is 0 Å². The minimum atomic E-state index is -0.314. The van der Waals surface area contributed by atoms with E-state index >= 15 is 0 Å². The third-order valence-electron chi connectivity index (χ3n) is 3.40. The number of benzene rings is 1. The van der Waals surface area contributed by atoms with Gasteiger partial charge in [-0.15, -0.1) is 0 Å². The molecular formula is C15H19N3O3. The lowest BCUT2D eigenvalue weighted by atomic mass is 10.1. The van der Waals surface area contributed by atoms with Crippen LogP contribution in [0.5, 0.6) is 0 Å². The van der Waals surface area contributed by atoms with Crippen LogP contribution in [0.4, 0.5) is 5.69 Å². The lowest BCUT2D eigenvalue weighted by Gasteiger charge is -2.08. The molecule has 0 saturated heterocycles. The van der Waals surface area contributed by atoms with Crippen LogP contribution in [-0.4, -0.2) is 42.8 Å². The zero-order valence-corrected chi connectivity index (χ0v) is 12.2. The Hall–Kier alpha value is -2.37. The number of carbonyl (C=O) groups is 3. The van der Waals surface area contributed by atoms with Gasteiger partial charge in [-0.2, -0.15) is 0 Å². The molecule has 6 heteroatoms. The van der Waals surface area contributed by atoms with Gasteiger partial charge in [0.05, 0.1) is 17.7 Å². The number of amides is 3. The molecule has 3 amide bonds. The SMILES string of the molecule is CCCCNC(=O)CNc1ccc2c(c1)C(=O)N(C)C2=O. The second-order valence-electron chi connectivity index (χ2n) is 4.99. The van der Waals surface area contributed by atoms with Gasteiger partial charge in [0.2, 0.25) is 5.91 Å². The van der Waals surface area contributed by atoms with Gasteiger partial charge in [-0.25, -0.2) is 0 Å². The first-order valence-electron chi connectivity index (χ1n) is 7.01. The molecule has 21 heavy (non-hydrogen) atoms. The lowest BCUT2D eigenvalue weighted by Crippen LogP contribution is -2.30. The molecule has 6 nitrogen and oxygen atoms in total. The summed E-state index contributed by atoms with van der Waals surface area (Å²) in [4.78, 5) is 36.3. The fraction of sp³-hybridized carbons (Fsp3) is 0.400. The van der Waals surface area contributed by atoms with E-state index in [1.54, 1.807) is 18.2 Å². The van der Waals surface area contributed by atoms with Crippen LogP contribution < -0.4 is 10.6 Å². The molecule has 2 N–H and O–H groups in total. The summed E-state index contributed by atoms with van der Waals surface area (Å²) in [6.07, 6.45) is 1.98. The second-order valence-corrected chi connectivity index (χ2v) is 4.99. The number of hydrogen-bond acceptors (Lipinski definition) is 4. The van der Waals surface area contributed by atoms with Crippen LogP contribution in [0.3, 0.4) is 0 Å². The molecule has 0 saturated carbocycles. The summed E-state index contributed by atoms with van der Waals surface area (Å²) in [5.74, 6) is -0.701. The number of nitrogens with zero attached hydrogens (tertiary/aromatic N) is 1. The summed E-state index contributed by atoms with van der Waals surface area (Å²) in [5.41, 5.74) is 1.43. The molecule has 2 rings (SSSR count). The topological polar surface area (TPSA) is 78.5 Å². The Kier molecular flexibility index (Phi) is 4.57. The molecule has 1 aliphatic rings. The van der Waals surface area contributed by atoms with Gasteiger partial charge in [0.1, 0.15) is 0 Å². The molecule has 0 aromatic heterocycles. The monoisotopic (exact) mass is 289 g/mol. The molecule has 0 fully saturated rings. The molecule has 0 bridgehead atoms. The molecule has 112 valence electrons. The number of carbonyl (C=O) groups excluding carboxylic acids is 3. The maximum atomic E-state index is 11.9. The van der Waals surface area contributed by atoms with E-state index in [9.17, 15) is 14.4 Å². The molecule has 1 heterocycles. The van der Waals surface area contributed by atoms with Crippen LogP contribution >= 0.6 is 0 Å². The van der Waals surface area contributed by atoms with Crippen molar-refractivity contribution in [2.45, 2.75) is 19.8 Å². The molecule has 1 aromatic rings. The summed E-state index contributed by atoms with van der Waals surface area (Å²) in [5, 5.41) is 5.76. The minimum absolute atomic E-state index is 0.0940. The average Bonchev–Trinajstić information content (AvgIpc) is 2.70. The van der Waals surface area contributed by atoms with Crippen molar-refractivity contribution < 1.29 is 14.4 Å². The molecule has 0 aliphatic carbocycles. The molecular weight excluding hydrogens is 270 g/mol. The molecule has 0 spiro atoms. The van der Waals surface area contributed by atoms with Gasteiger partial charge in [-0.1, -0.05) is 13.3 Å². The maximum Gasteiger partial charge on any atom is 0.261 e. The first-order valence-corrected chi connectivity index (χ1v) is 7.01. The van der Waals surface area contributed by atoms with Crippen molar-refractivity contribution in [1.29, 1.82) is 0 Å². The van der Waals surface area contributed by atoms with Gasteiger partial charge in [0.15, 0.2) is 0 Å². The highest BCUT2D eigenvalue weighted by Gasteiger charge is 2.32. The summed E-state index contributed by atoms with van der Waals surface area (Å²) < 4.78 is 0. The normalized spacial score (nSPS) is 13.3. The van der Waals surface area contributed by atoms with Crippen LogP contribution in [0.25, 0.3) is 0 Å². The van der Waals surface area contributed by atoms with Crippen molar-refractivity contribution in [3.8, 4) is 0 Å². The lowest BCUT2D eigenvalue weighted by molar-refractivity contribution is -0.119. The first-order chi connectivity index (χ1) is 10.0. The van der Waals surface area contributed by atoms with E-state index in [1.807, 2.05) is 0 Å². The predicted molar refractivity (Wildman–Crippen MR) is 79.3 cm³/mol. The van der Waals surface area contributed by atoms with E-state index in [0.29, 0.717) is 23.4 Å². The summed E-state index contributed by atoms with van der Waals surface area (Å²) >= 11 is 0. The zero-order chi connectivity index (χ0) is 15.4. The van der Waals surface area contributed by atoms with Crippen LogP contribution in [0.2, 0.25) is 0 Å². The quantitative estimate of drug-likeness (QED) is 0.610. The van der Waals surface area contributed by atoms with E-state index in [-0.39, 0.29) is 24.3 Å². The summed E-state index contributed by atoms with van der Waals surface area (Å²) in [7, 11) is 1.46. The van der Waals surface area contributed by atoms with Crippen LogP contribution in [0, 0.1) is 0 Å². The predicted octanol–water partition coefficient (Wildman–Crippen LogP) is 1.24. The van der Waals surface area contributed by atoms with Gasteiger partial charge in [-0.05, 0) is 24.6 Å². The third-order valence-corrected chi connectivity index (χ3v) is 3.40. The van der Waals surface area contributed by atoms with Crippen molar-refractivity contribution in [1.82, 2.24) is 10.2 Å². The van der Waals surface area contributed by atoms with Crippen LogP contribution in [0.1, 0.15) is 40.5 Å². The number of rotatable bonds is 6. The van der Waals surface area contributed by atoms with E-state index in [2.05, 4.69) is 17.6 Å². The van der Waals surface area contributed by atoms with Crippen molar-refractivity contribution in [3.63, 3.8) is 0 Å². The Bertz CT molecular complexity index is 584. The minimum Gasteiger partial charge on any atom is -0.376 e. The highest BCUT2D eigenvalue weighted by molar-refractivity contribution is 6.21. The fourth-order valence-electron chi connectivity index (χ4n) is 2.12. The Morgan fingerprint density at radius 3 is 2.62 bits per heavy atom. The summed E-state index contributed by atoms with van der Waals surface area (Å²) in [6, 6.07) is 4.91.